The van der Waals surface area contributed by atoms with Crippen molar-refractivity contribution in [2.45, 2.75) is 26.3 Å². The summed E-state index contributed by atoms with van der Waals surface area (Å²) in [4.78, 5) is 42.8. The van der Waals surface area contributed by atoms with E-state index < -0.39 is 41.9 Å². The van der Waals surface area contributed by atoms with Gasteiger partial charge >= 0.3 is 0 Å². The van der Waals surface area contributed by atoms with Crippen LogP contribution in [-0.4, -0.2) is 36.8 Å². The van der Waals surface area contributed by atoms with Gasteiger partial charge in [0.15, 0.2) is 0 Å². The van der Waals surface area contributed by atoms with Crippen LogP contribution in [0.1, 0.15) is 41.5 Å². The van der Waals surface area contributed by atoms with Crippen molar-refractivity contribution in [2.75, 3.05) is 23.8 Å². The summed E-state index contributed by atoms with van der Waals surface area (Å²) in [6, 6.07) is 11.8. The molecular formula is C32H30Cl2F3N5O3. The van der Waals surface area contributed by atoms with Gasteiger partial charge in [0.2, 0.25) is 12.3 Å². The Bertz CT molecular complexity index is 1690. The number of nitrogens with two attached hydrogens (primary N) is 1. The predicted molar refractivity (Wildman–Crippen MR) is 170 cm³/mol. The molecule has 236 valence electrons. The number of nitrogens with one attached hydrogen (secondary N) is 2. The molecule has 8 nitrogen and oxygen atoms in total. The van der Waals surface area contributed by atoms with E-state index in [1.807, 2.05) is 13.8 Å². The zero-order chi connectivity index (χ0) is 33.3. The predicted octanol–water partition coefficient (Wildman–Crippen LogP) is 6.70. The Morgan fingerprint density at radius 1 is 1.00 bits per heavy atom. The fourth-order valence-corrected chi connectivity index (χ4v) is 4.87. The van der Waals surface area contributed by atoms with Crippen LogP contribution < -0.4 is 21.3 Å². The summed E-state index contributed by atoms with van der Waals surface area (Å²) in [7, 11) is 1.60. The Morgan fingerprint density at radius 3 is 2.29 bits per heavy atom. The fraction of sp³-hybridized carbons (Fsp3) is 0.188. The van der Waals surface area contributed by atoms with Gasteiger partial charge in [-0.3, -0.25) is 19.4 Å². The van der Waals surface area contributed by atoms with E-state index in [1.165, 1.54) is 30.5 Å². The van der Waals surface area contributed by atoms with Crippen molar-refractivity contribution in [3.8, 4) is 11.1 Å². The third-order valence-electron chi connectivity index (χ3n) is 6.47. The number of benzene rings is 3. The van der Waals surface area contributed by atoms with Crippen molar-refractivity contribution in [2.24, 2.45) is 5.73 Å². The maximum atomic E-state index is 14.2. The number of primary amides is 1. The minimum absolute atomic E-state index is 0.121. The van der Waals surface area contributed by atoms with Gasteiger partial charge in [0, 0.05) is 24.9 Å². The second kappa shape index (κ2) is 15.9. The van der Waals surface area contributed by atoms with Crippen LogP contribution in [0.2, 0.25) is 10.0 Å². The number of aromatic nitrogens is 1. The molecule has 1 atom stereocenters. The number of hydrogen-bond donors (Lipinski definition) is 3. The highest BCUT2D eigenvalue weighted by atomic mass is 35.5. The van der Waals surface area contributed by atoms with Crippen LogP contribution in [0.3, 0.4) is 0 Å². The van der Waals surface area contributed by atoms with Gasteiger partial charge in [-0.05, 0) is 60.0 Å². The van der Waals surface area contributed by atoms with E-state index in [4.69, 9.17) is 28.9 Å². The molecule has 3 amide bonds. The van der Waals surface area contributed by atoms with E-state index in [0.717, 1.165) is 23.1 Å². The van der Waals surface area contributed by atoms with Gasteiger partial charge in [0.25, 0.3) is 5.91 Å². The lowest BCUT2D eigenvalue weighted by Crippen LogP contribution is -2.39. The molecule has 0 aliphatic carbocycles. The second-order valence-corrected chi connectivity index (χ2v) is 10.2. The Hall–Kier alpha value is -4.61. The average molecular weight is 661 g/mol. The molecule has 13 heteroatoms. The minimum atomic E-state index is -1.00. The van der Waals surface area contributed by atoms with Gasteiger partial charge in [0.1, 0.15) is 24.0 Å². The lowest BCUT2D eigenvalue weighted by atomic mass is 9.94. The number of carbonyl (C=O) groups excluding carboxylic acids is 3. The zero-order valence-electron chi connectivity index (χ0n) is 24.5. The average Bonchev–Trinajstić information content (AvgIpc) is 3.01. The largest absolute Gasteiger partial charge is 0.386 e. The molecule has 1 aromatic heterocycles. The van der Waals surface area contributed by atoms with Crippen molar-refractivity contribution in [3.05, 3.63) is 111 Å². The van der Waals surface area contributed by atoms with Gasteiger partial charge in [-0.1, -0.05) is 49.2 Å². The van der Waals surface area contributed by atoms with Crippen LogP contribution >= 0.6 is 23.2 Å². The number of amides is 3. The summed E-state index contributed by atoms with van der Waals surface area (Å²) < 4.78 is 42.4. The first kappa shape index (κ1) is 34.9. The standard InChI is InChI=1S/C30H24Cl2F3N5O3.C2H6/c1-37-25-12-22(31)23(32)13-27(25)40(15-41)14-28(42)39-26(9-16-7-18(33)11-19(34)8-16)29-20(3-2-6-38-29)17-4-5-24(35)21(10-17)30(36)43;1-2/h2-8,10-13,15,26,37H,9,14H2,1H3,(H2,36,43)(H,39,42);1-2H3. The maximum absolute atomic E-state index is 14.2. The molecule has 0 aliphatic rings. The summed E-state index contributed by atoms with van der Waals surface area (Å²) >= 11 is 12.2. The third kappa shape index (κ3) is 8.74. The van der Waals surface area contributed by atoms with Crippen molar-refractivity contribution < 1.29 is 27.6 Å². The van der Waals surface area contributed by atoms with E-state index in [9.17, 15) is 27.6 Å². The first-order chi connectivity index (χ1) is 21.5. The van der Waals surface area contributed by atoms with Crippen molar-refractivity contribution in [1.29, 1.82) is 0 Å². The normalized spacial score (nSPS) is 11.1. The first-order valence-electron chi connectivity index (χ1n) is 13.7. The quantitative estimate of drug-likeness (QED) is 0.155. The van der Waals surface area contributed by atoms with Gasteiger partial charge < -0.3 is 21.3 Å². The molecule has 0 aliphatic heterocycles. The van der Waals surface area contributed by atoms with Crippen LogP contribution in [0, 0.1) is 17.5 Å². The van der Waals surface area contributed by atoms with Crippen LogP contribution in [0.5, 0.6) is 0 Å². The molecule has 0 fully saturated rings. The number of carbonyl (C=O) groups is 3. The molecule has 0 radical (unpaired) electrons. The molecule has 45 heavy (non-hydrogen) atoms. The third-order valence-corrected chi connectivity index (χ3v) is 7.19. The highest BCUT2D eigenvalue weighted by molar-refractivity contribution is 6.42. The molecule has 1 unspecified atom stereocenters. The zero-order valence-corrected chi connectivity index (χ0v) is 26.0. The number of nitrogens with zero attached hydrogens (tertiary/aromatic N) is 2. The number of hydrogen-bond acceptors (Lipinski definition) is 5. The van der Waals surface area contributed by atoms with Crippen molar-refractivity contribution in [1.82, 2.24) is 10.3 Å². The van der Waals surface area contributed by atoms with Gasteiger partial charge in [0.05, 0.1) is 38.7 Å². The smallest absolute Gasteiger partial charge is 0.251 e. The van der Waals surface area contributed by atoms with Crippen LogP contribution in [0.25, 0.3) is 11.1 Å². The number of anilines is 2. The van der Waals surface area contributed by atoms with E-state index in [0.29, 0.717) is 29.3 Å². The molecule has 0 saturated heterocycles. The summed E-state index contributed by atoms with van der Waals surface area (Å²) in [5.74, 6) is -4.11. The molecule has 0 bridgehead atoms. The Labute approximate surface area is 268 Å². The molecule has 4 rings (SSSR count). The summed E-state index contributed by atoms with van der Waals surface area (Å²) in [5, 5.41) is 6.06. The van der Waals surface area contributed by atoms with E-state index in [1.54, 1.807) is 19.2 Å². The highest BCUT2D eigenvalue weighted by Crippen LogP contribution is 2.35. The topological polar surface area (TPSA) is 117 Å². The number of rotatable bonds is 11. The number of pyridine rings is 1. The summed E-state index contributed by atoms with van der Waals surface area (Å²) in [5.41, 5.74) is 6.85. The monoisotopic (exact) mass is 659 g/mol. The van der Waals surface area contributed by atoms with Gasteiger partial charge in [-0.15, -0.1) is 0 Å². The summed E-state index contributed by atoms with van der Waals surface area (Å²) in [6.45, 7) is 3.52. The lowest BCUT2D eigenvalue weighted by Gasteiger charge is -2.25. The molecule has 4 N–H and O–H groups in total. The highest BCUT2D eigenvalue weighted by Gasteiger charge is 2.24. The molecule has 3 aromatic carbocycles. The first-order valence-corrected chi connectivity index (χ1v) is 14.4. The van der Waals surface area contributed by atoms with E-state index in [-0.39, 0.29) is 39.0 Å². The molecular weight excluding hydrogens is 630 g/mol. The number of halogens is 5. The molecule has 1 heterocycles. The van der Waals surface area contributed by atoms with Crippen LogP contribution in [-0.2, 0) is 16.0 Å². The molecule has 0 spiro atoms. The molecule has 0 saturated carbocycles. The SMILES string of the molecule is CC.CNc1cc(Cl)c(Cl)cc1N(C=O)CC(=O)NC(Cc1cc(F)cc(F)c1)c1ncccc1-c1ccc(F)c(C(N)=O)c1. The van der Waals surface area contributed by atoms with E-state index >= 15 is 0 Å². The van der Waals surface area contributed by atoms with Gasteiger partial charge in [-0.25, -0.2) is 13.2 Å². The summed E-state index contributed by atoms with van der Waals surface area (Å²) in [6.07, 6.45) is 1.76. The molecule has 4 aromatic rings. The van der Waals surface area contributed by atoms with Crippen molar-refractivity contribution >= 4 is 52.8 Å². The maximum Gasteiger partial charge on any atom is 0.251 e. The minimum Gasteiger partial charge on any atom is -0.386 e. The van der Waals surface area contributed by atoms with Crippen LogP contribution in [0.15, 0.2) is 66.9 Å². The van der Waals surface area contributed by atoms with Crippen LogP contribution in [0.4, 0.5) is 24.5 Å². The Balaban J connectivity index is 0.00000271. The Morgan fingerprint density at radius 2 is 1.67 bits per heavy atom. The lowest BCUT2D eigenvalue weighted by molar-refractivity contribution is -0.121. The Kier molecular flexibility index (Phi) is 12.3. The van der Waals surface area contributed by atoms with Gasteiger partial charge in [-0.2, -0.15) is 0 Å². The van der Waals surface area contributed by atoms with E-state index in [2.05, 4.69) is 15.6 Å². The fourth-order valence-electron chi connectivity index (χ4n) is 4.55. The second-order valence-electron chi connectivity index (χ2n) is 9.36. The van der Waals surface area contributed by atoms with Crippen molar-refractivity contribution in [3.63, 3.8) is 0 Å².